The Balaban J connectivity index is 2.01. The lowest BCUT2D eigenvalue weighted by Crippen LogP contribution is -2.72. The van der Waals surface area contributed by atoms with Crippen LogP contribution in [0.2, 0.25) is 0 Å². The van der Waals surface area contributed by atoms with Gasteiger partial charge in [-0.1, -0.05) is 0 Å². The molecule has 0 amide bonds. The molecular formula is C11H18N2O2. The minimum atomic E-state index is -0.986. The maximum Gasteiger partial charge on any atom is 0.324 e. The van der Waals surface area contributed by atoms with Crippen molar-refractivity contribution in [3.05, 3.63) is 0 Å². The van der Waals surface area contributed by atoms with E-state index in [1.54, 1.807) is 0 Å². The Kier molecular flexibility index (Phi) is 1.63. The van der Waals surface area contributed by atoms with Gasteiger partial charge in [-0.3, -0.25) is 4.79 Å². The van der Waals surface area contributed by atoms with Gasteiger partial charge in [0.15, 0.2) is 0 Å². The number of aliphatic carboxylic acids is 1. The van der Waals surface area contributed by atoms with Gasteiger partial charge in [-0.25, -0.2) is 0 Å². The summed E-state index contributed by atoms with van der Waals surface area (Å²) in [4.78, 5) is 11.3. The van der Waals surface area contributed by atoms with Crippen LogP contribution in [0.15, 0.2) is 0 Å². The van der Waals surface area contributed by atoms with Crippen molar-refractivity contribution in [1.82, 2.24) is 0 Å². The lowest BCUT2D eigenvalue weighted by Gasteiger charge is -2.61. The molecule has 4 fully saturated rings. The van der Waals surface area contributed by atoms with Crippen molar-refractivity contribution in [2.24, 2.45) is 29.2 Å². The third-order valence-electron chi connectivity index (χ3n) is 4.96. The Labute approximate surface area is 89.0 Å². The van der Waals surface area contributed by atoms with Gasteiger partial charge in [0.2, 0.25) is 0 Å². The molecule has 0 heterocycles. The van der Waals surface area contributed by atoms with Gasteiger partial charge in [0.1, 0.15) is 5.54 Å². The van der Waals surface area contributed by atoms with Crippen LogP contribution in [0.4, 0.5) is 0 Å². The molecule has 4 heteroatoms. The molecule has 4 saturated carbocycles. The normalized spacial score (nSPS) is 57.1. The monoisotopic (exact) mass is 210 g/mol. The van der Waals surface area contributed by atoms with E-state index in [9.17, 15) is 9.90 Å². The van der Waals surface area contributed by atoms with E-state index in [0.717, 1.165) is 32.1 Å². The third-order valence-corrected chi connectivity index (χ3v) is 4.96. The molecule has 0 aromatic heterocycles. The largest absolute Gasteiger partial charge is 0.480 e. The zero-order valence-corrected chi connectivity index (χ0v) is 8.78. The number of carbonyl (C=O) groups is 1. The number of carboxylic acid groups (broad SMARTS) is 1. The molecule has 4 nitrogen and oxygen atoms in total. The summed E-state index contributed by atoms with van der Waals surface area (Å²) >= 11 is 0. The van der Waals surface area contributed by atoms with Crippen LogP contribution in [0.25, 0.3) is 0 Å². The van der Waals surface area contributed by atoms with Crippen LogP contribution in [-0.4, -0.2) is 22.2 Å². The van der Waals surface area contributed by atoms with Gasteiger partial charge in [-0.15, -0.1) is 0 Å². The fraction of sp³-hybridized carbons (Fsp3) is 0.909. The molecule has 4 aliphatic rings. The van der Waals surface area contributed by atoms with Crippen LogP contribution in [0.3, 0.4) is 0 Å². The quantitative estimate of drug-likeness (QED) is 0.581. The summed E-state index contributed by atoms with van der Waals surface area (Å²) in [6, 6.07) is 0. The van der Waals surface area contributed by atoms with Crippen molar-refractivity contribution in [2.75, 3.05) is 0 Å². The topological polar surface area (TPSA) is 89.3 Å². The third kappa shape index (κ3) is 1.06. The molecule has 0 aliphatic heterocycles. The highest BCUT2D eigenvalue weighted by atomic mass is 16.4. The van der Waals surface area contributed by atoms with E-state index in [2.05, 4.69) is 0 Å². The Bertz CT molecular complexity index is 313. The second-order valence-electron chi connectivity index (χ2n) is 5.94. The van der Waals surface area contributed by atoms with Crippen LogP contribution in [0, 0.1) is 17.8 Å². The summed E-state index contributed by atoms with van der Waals surface area (Å²) in [5.74, 6) is 0.0147. The Morgan fingerprint density at radius 1 is 1.13 bits per heavy atom. The Morgan fingerprint density at radius 3 is 2.07 bits per heavy atom. The average molecular weight is 210 g/mol. The molecular weight excluding hydrogens is 192 g/mol. The molecule has 0 aromatic carbocycles. The van der Waals surface area contributed by atoms with Crippen LogP contribution in [0.1, 0.15) is 32.1 Å². The van der Waals surface area contributed by atoms with E-state index in [1.807, 2.05) is 0 Å². The van der Waals surface area contributed by atoms with Crippen LogP contribution in [0.5, 0.6) is 0 Å². The molecule has 3 unspecified atom stereocenters. The Hall–Kier alpha value is -0.610. The maximum absolute atomic E-state index is 11.3. The van der Waals surface area contributed by atoms with Crippen molar-refractivity contribution in [3.8, 4) is 0 Å². The van der Waals surface area contributed by atoms with Crippen molar-refractivity contribution < 1.29 is 9.90 Å². The van der Waals surface area contributed by atoms with Gasteiger partial charge in [0, 0.05) is 5.54 Å². The number of hydrogen-bond acceptors (Lipinski definition) is 3. The minimum Gasteiger partial charge on any atom is -0.480 e. The molecule has 4 aliphatic carbocycles. The summed E-state index contributed by atoms with van der Waals surface area (Å²) < 4.78 is 0. The van der Waals surface area contributed by atoms with Crippen LogP contribution < -0.4 is 11.5 Å². The summed E-state index contributed by atoms with van der Waals surface area (Å²) in [5.41, 5.74) is 11.3. The fourth-order valence-electron chi connectivity index (χ4n) is 4.45. The van der Waals surface area contributed by atoms with Crippen molar-refractivity contribution >= 4 is 5.97 Å². The molecule has 0 spiro atoms. The highest BCUT2D eigenvalue weighted by Gasteiger charge is 2.62. The predicted octanol–water partition coefficient (Wildman–Crippen LogP) is 0.306. The summed E-state index contributed by atoms with van der Waals surface area (Å²) in [6.45, 7) is 0. The predicted molar refractivity (Wildman–Crippen MR) is 55.0 cm³/mol. The molecule has 0 saturated heterocycles. The maximum atomic E-state index is 11.3. The second kappa shape index (κ2) is 2.55. The first kappa shape index (κ1) is 9.60. The van der Waals surface area contributed by atoms with E-state index in [4.69, 9.17) is 11.5 Å². The Morgan fingerprint density at radius 2 is 1.67 bits per heavy atom. The van der Waals surface area contributed by atoms with E-state index < -0.39 is 11.5 Å². The standard InChI is InChI=1S/C11H18N2O2/c12-10-3-6-1-7(4-10)11(13,9(14)15)8(2-6)5-10/h6-8H,1-5,12-13H2,(H,14,15)/t6?,7-,8+,10?,11?. The summed E-state index contributed by atoms with van der Waals surface area (Å²) in [6.07, 6.45) is 4.64. The highest BCUT2D eigenvalue weighted by molar-refractivity contribution is 5.80. The van der Waals surface area contributed by atoms with Gasteiger partial charge < -0.3 is 16.6 Å². The first-order chi connectivity index (χ1) is 6.94. The van der Waals surface area contributed by atoms with Crippen molar-refractivity contribution in [3.63, 3.8) is 0 Å². The zero-order chi connectivity index (χ0) is 10.8. The summed E-state index contributed by atoms with van der Waals surface area (Å²) in [5, 5.41) is 9.32. The second-order valence-corrected chi connectivity index (χ2v) is 5.94. The number of rotatable bonds is 1. The molecule has 5 atom stereocenters. The van der Waals surface area contributed by atoms with E-state index in [1.165, 1.54) is 0 Å². The van der Waals surface area contributed by atoms with E-state index in [-0.39, 0.29) is 17.4 Å². The lowest BCUT2D eigenvalue weighted by molar-refractivity contribution is -0.161. The van der Waals surface area contributed by atoms with Crippen molar-refractivity contribution in [2.45, 2.75) is 43.2 Å². The molecule has 15 heavy (non-hydrogen) atoms. The number of carboxylic acids is 1. The molecule has 84 valence electrons. The molecule has 4 rings (SSSR count). The molecule has 5 N–H and O–H groups in total. The lowest BCUT2D eigenvalue weighted by atomic mass is 9.46. The van der Waals surface area contributed by atoms with Gasteiger partial charge in [0.05, 0.1) is 0 Å². The van der Waals surface area contributed by atoms with Gasteiger partial charge >= 0.3 is 5.97 Å². The smallest absolute Gasteiger partial charge is 0.324 e. The van der Waals surface area contributed by atoms with Gasteiger partial charge in [-0.2, -0.15) is 0 Å². The van der Waals surface area contributed by atoms with Gasteiger partial charge in [-0.05, 0) is 49.9 Å². The summed E-state index contributed by atoms with van der Waals surface area (Å²) in [7, 11) is 0. The zero-order valence-electron chi connectivity index (χ0n) is 8.78. The fourth-order valence-corrected chi connectivity index (χ4v) is 4.45. The highest BCUT2D eigenvalue weighted by Crippen LogP contribution is 2.58. The number of nitrogens with two attached hydrogens (primary N) is 2. The average Bonchev–Trinajstić information content (AvgIpc) is 2.10. The van der Waals surface area contributed by atoms with Gasteiger partial charge in [0.25, 0.3) is 0 Å². The van der Waals surface area contributed by atoms with Crippen LogP contribution >= 0.6 is 0 Å². The van der Waals surface area contributed by atoms with E-state index in [0.29, 0.717) is 5.92 Å². The first-order valence-electron chi connectivity index (χ1n) is 5.75. The molecule has 0 aromatic rings. The molecule has 0 radical (unpaired) electrons. The van der Waals surface area contributed by atoms with Crippen molar-refractivity contribution in [1.29, 1.82) is 0 Å². The minimum absolute atomic E-state index is 0.102. The first-order valence-corrected chi connectivity index (χ1v) is 5.75. The van der Waals surface area contributed by atoms with Crippen LogP contribution in [-0.2, 0) is 4.79 Å². The number of hydrogen-bond donors (Lipinski definition) is 3. The molecule has 4 bridgehead atoms. The van der Waals surface area contributed by atoms with E-state index >= 15 is 0 Å². The SMILES string of the molecule is NC12CC3C[C@H](C1)C(N)(C(=O)O)[C@@H](C3)C2.